The van der Waals surface area contributed by atoms with E-state index in [4.69, 9.17) is 4.74 Å². The number of allylic oxidation sites excluding steroid dienone is 1. The van der Waals surface area contributed by atoms with Crippen LogP contribution in [-0.2, 0) is 4.74 Å². The molecule has 1 rings (SSSR count). The molecule has 1 aromatic rings. The van der Waals surface area contributed by atoms with Crippen molar-refractivity contribution in [3.05, 3.63) is 28.9 Å². The van der Waals surface area contributed by atoms with Crippen molar-refractivity contribution in [2.45, 2.75) is 6.92 Å². The number of carbonyl (C=O) groups is 1. The largest absolute Gasteiger partial charge is 0.501 e. The van der Waals surface area contributed by atoms with Gasteiger partial charge in [0.1, 0.15) is 0 Å². The van der Waals surface area contributed by atoms with E-state index in [0.29, 0.717) is 11.5 Å². The van der Waals surface area contributed by atoms with Crippen molar-refractivity contribution in [3.8, 4) is 0 Å². The van der Waals surface area contributed by atoms with Crippen LogP contribution in [0.25, 0.3) is 0 Å². The van der Waals surface area contributed by atoms with Crippen LogP contribution in [0.1, 0.15) is 16.6 Å². The molecule has 0 N–H and O–H groups in total. The number of hydrogen-bond acceptors (Lipinski definition) is 4. The molecule has 0 amide bonds. The molecule has 0 aliphatic rings. The van der Waals surface area contributed by atoms with Crippen molar-refractivity contribution in [2.24, 2.45) is 0 Å². The van der Waals surface area contributed by atoms with Crippen LogP contribution in [0.15, 0.2) is 24.0 Å². The fourth-order valence-electron chi connectivity index (χ4n) is 0.626. The summed E-state index contributed by atoms with van der Waals surface area (Å²) in [4.78, 5) is 15.6. The average Bonchev–Trinajstić information content (AvgIpc) is 2.56. The Bertz CT molecular complexity index is 267. The Hall–Kier alpha value is -1.16. The lowest BCUT2D eigenvalue weighted by Crippen LogP contribution is -1.90. The molecule has 0 atom stereocenters. The summed E-state index contributed by atoms with van der Waals surface area (Å²) in [5.41, 5.74) is 1.63. The van der Waals surface area contributed by atoms with E-state index >= 15 is 0 Å². The van der Waals surface area contributed by atoms with E-state index in [1.807, 2.05) is 6.92 Å². The summed E-state index contributed by atoms with van der Waals surface area (Å²) in [5.74, 6) is -0.0639. The first kappa shape index (κ1) is 8.93. The monoisotopic (exact) mass is 183 g/mol. The van der Waals surface area contributed by atoms with Gasteiger partial charge in [0, 0.05) is 12.3 Å². The molecule has 0 aromatic carbocycles. The normalized spacial score (nSPS) is 10.4. The maximum Gasteiger partial charge on any atom is 0.200 e. The molecular weight excluding hydrogens is 174 g/mol. The SMILES string of the molecule is CCO/C=C/C(=O)c1cncs1. The first-order valence-electron chi connectivity index (χ1n) is 3.55. The van der Waals surface area contributed by atoms with Gasteiger partial charge in [-0.3, -0.25) is 9.78 Å². The Morgan fingerprint density at radius 3 is 3.25 bits per heavy atom. The molecule has 1 aromatic heterocycles. The second kappa shape index (κ2) is 4.66. The van der Waals surface area contributed by atoms with Gasteiger partial charge in [-0.15, -0.1) is 11.3 Å². The lowest BCUT2D eigenvalue weighted by molar-refractivity contribution is 0.104. The Labute approximate surface area is 74.7 Å². The highest BCUT2D eigenvalue weighted by Crippen LogP contribution is 2.06. The van der Waals surface area contributed by atoms with Crippen LogP contribution in [0.3, 0.4) is 0 Å². The standard InChI is InChI=1S/C8H9NO2S/c1-2-11-4-3-7(10)8-5-9-6-12-8/h3-6H,2H2,1H3/b4-3+. The highest BCUT2D eigenvalue weighted by Gasteiger charge is 2.01. The minimum atomic E-state index is -0.0639. The van der Waals surface area contributed by atoms with Crippen LogP contribution in [-0.4, -0.2) is 17.4 Å². The Balaban J connectivity index is 2.50. The number of rotatable bonds is 4. The van der Waals surface area contributed by atoms with Gasteiger partial charge in [-0.05, 0) is 6.92 Å². The van der Waals surface area contributed by atoms with E-state index in [1.165, 1.54) is 23.7 Å². The zero-order valence-electron chi connectivity index (χ0n) is 6.69. The Kier molecular flexibility index (Phi) is 3.47. The number of nitrogens with zero attached hydrogens (tertiary/aromatic N) is 1. The Morgan fingerprint density at radius 2 is 2.67 bits per heavy atom. The Morgan fingerprint density at radius 1 is 1.83 bits per heavy atom. The number of ketones is 1. The molecule has 3 nitrogen and oxygen atoms in total. The zero-order chi connectivity index (χ0) is 8.81. The zero-order valence-corrected chi connectivity index (χ0v) is 7.50. The van der Waals surface area contributed by atoms with E-state index in [0.717, 1.165) is 0 Å². The fraction of sp³-hybridized carbons (Fsp3) is 0.250. The van der Waals surface area contributed by atoms with Crippen molar-refractivity contribution >= 4 is 17.1 Å². The van der Waals surface area contributed by atoms with Gasteiger partial charge < -0.3 is 4.74 Å². The molecular formula is C8H9NO2S. The van der Waals surface area contributed by atoms with Crippen LogP contribution in [0.4, 0.5) is 0 Å². The summed E-state index contributed by atoms with van der Waals surface area (Å²) in [5, 5.41) is 0. The molecule has 0 bridgehead atoms. The predicted octanol–water partition coefficient (Wildman–Crippen LogP) is 1.88. The molecule has 0 saturated heterocycles. The molecule has 4 heteroatoms. The van der Waals surface area contributed by atoms with Gasteiger partial charge in [0.15, 0.2) is 5.78 Å². The third-order valence-corrected chi connectivity index (χ3v) is 1.95. The smallest absolute Gasteiger partial charge is 0.200 e. The van der Waals surface area contributed by atoms with Crippen LogP contribution < -0.4 is 0 Å². The molecule has 12 heavy (non-hydrogen) atoms. The summed E-state index contributed by atoms with van der Waals surface area (Å²) in [6.07, 6.45) is 4.35. The van der Waals surface area contributed by atoms with E-state index < -0.39 is 0 Å². The third kappa shape index (κ3) is 2.47. The molecule has 0 aliphatic heterocycles. The number of carbonyl (C=O) groups excluding carboxylic acids is 1. The van der Waals surface area contributed by atoms with E-state index in [-0.39, 0.29) is 5.78 Å². The molecule has 0 saturated carbocycles. The number of aromatic nitrogens is 1. The summed E-state index contributed by atoms with van der Waals surface area (Å²) in [6, 6.07) is 0. The predicted molar refractivity (Wildman–Crippen MR) is 47.2 cm³/mol. The molecule has 1 heterocycles. The number of ether oxygens (including phenoxy) is 1. The first-order valence-corrected chi connectivity index (χ1v) is 4.43. The van der Waals surface area contributed by atoms with Crippen molar-refractivity contribution in [2.75, 3.05) is 6.61 Å². The van der Waals surface area contributed by atoms with E-state index in [1.54, 1.807) is 11.7 Å². The molecule has 0 unspecified atom stereocenters. The minimum absolute atomic E-state index is 0.0639. The van der Waals surface area contributed by atoms with Gasteiger partial charge in [0.05, 0.1) is 23.3 Å². The van der Waals surface area contributed by atoms with E-state index in [9.17, 15) is 4.79 Å². The quantitative estimate of drug-likeness (QED) is 0.406. The summed E-state index contributed by atoms with van der Waals surface area (Å²) >= 11 is 1.32. The molecule has 0 radical (unpaired) electrons. The maximum absolute atomic E-state index is 11.2. The summed E-state index contributed by atoms with van der Waals surface area (Å²) in [6.45, 7) is 2.44. The summed E-state index contributed by atoms with van der Waals surface area (Å²) in [7, 11) is 0. The number of thiazole rings is 1. The lowest BCUT2D eigenvalue weighted by atomic mass is 10.3. The van der Waals surface area contributed by atoms with Crippen LogP contribution in [0, 0.1) is 0 Å². The van der Waals surface area contributed by atoms with Crippen molar-refractivity contribution in [1.82, 2.24) is 4.98 Å². The van der Waals surface area contributed by atoms with Gasteiger partial charge in [0.25, 0.3) is 0 Å². The number of hydrogen-bond donors (Lipinski definition) is 0. The summed E-state index contributed by atoms with van der Waals surface area (Å²) < 4.78 is 4.89. The van der Waals surface area contributed by atoms with Crippen LogP contribution >= 0.6 is 11.3 Å². The van der Waals surface area contributed by atoms with Crippen molar-refractivity contribution in [3.63, 3.8) is 0 Å². The van der Waals surface area contributed by atoms with Crippen LogP contribution in [0.2, 0.25) is 0 Å². The highest BCUT2D eigenvalue weighted by atomic mass is 32.1. The van der Waals surface area contributed by atoms with E-state index in [2.05, 4.69) is 4.98 Å². The minimum Gasteiger partial charge on any atom is -0.501 e. The van der Waals surface area contributed by atoms with Gasteiger partial charge >= 0.3 is 0 Å². The second-order valence-electron chi connectivity index (χ2n) is 1.99. The highest BCUT2D eigenvalue weighted by molar-refractivity contribution is 7.11. The van der Waals surface area contributed by atoms with Gasteiger partial charge in [-0.25, -0.2) is 0 Å². The topological polar surface area (TPSA) is 39.2 Å². The molecule has 0 spiro atoms. The van der Waals surface area contributed by atoms with Gasteiger partial charge in [0.2, 0.25) is 0 Å². The maximum atomic E-state index is 11.2. The van der Waals surface area contributed by atoms with Gasteiger partial charge in [-0.2, -0.15) is 0 Å². The third-order valence-electron chi connectivity index (χ3n) is 1.16. The lowest BCUT2D eigenvalue weighted by Gasteiger charge is -1.90. The van der Waals surface area contributed by atoms with Crippen molar-refractivity contribution in [1.29, 1.82) is 0 Å². The second-order valence-corrected chi connectivity index (χ2v) is 2.87. The van der Waals surface area contributed by atoms with Crippen molar-refractivity contribution < 1.29 is 9.53 Å². The van der Waals surface area contributed by atoms with Gasteiger partial charge in [-0.1, -0.05) is 0 Å². The fourth-order valence-corrected chi connectivity index (χ4v) is 1.17. The average molecular weight is 183 g/mol. The molecule has 0 fully saturated rings. The molecule has 0 aliphatic carbocycles. The van der Waals surface area contributed by atoms with Crippen LogP contribution in [0.5, 0.6) is 0 Å². The first-order chi connectivity index (χ1) is 5.84. The molecule has 64 valence electrons.